The summed E-state index contributed by atoms with van der Waals surface area (Å²) in [4.78, 5) is 15.0. The van der Waals surface area contributed by atoms with Crippen molar-refractivity contribution < 1.29 is 4.42 Å². The van der Waals surface area contributed by atoms with Crippen molar-refractivity contribution in [1.29, 1.82) is 0 Å². The minimum atomic E-state index is -0.629. The van der Waals surface area contributed by atoms with Gasteiger partial charge in [0.2, 0.25) is 0 Å². The van der Waals surface area contributed by atoms with Crippen molar-refractivity contribution in [2.75, 3.05) is 0 Å². The topological polar surface area (TPSA) is 51.8 Å². The van der Waals surface area contributed by atoms with E-state index in [9.17, 15) is 0 Å². The predicted molar refractivity (Wildman–Crippen MR) is 234 cm³/mol. The van der Waals surface area contributed by atoms with Crippen LogP contribution in [-0.2, 0) is 5.41 Å². The minimum absolute atomic E-state index is 0.620. The number of terminal acetylenes is 1. The van der Waals surface area contributed by atoms with Gasteiger partial charge in [-0.15, -0.1) is 6.42 Å². The van der Waals surface area contributed by atoms with Crippen LogP contribution in [0.2, 0.25) is 0 Å². The van der Waals surface area contributed by atoms with Crippen molar-refractivity contribution in [3.8, 4) is 68.8 Å². The van der Waals surface area contributed by atoms with Crippen molar-refractivity contribution >= 4 is 21.9 Å². The number of nitrogens with zero attached hydrogens (tertiary/aromatic N) is 3. The molecule has 8 aromatic carbocycles. The first-order valence-corrected chi connectivity index (χ1v) is 19.4. The van der Waals surface area contributed by atoms with Crippen molar-refractivity contribution in [2.24, 2.45) is 0 Å². The molecule has 0 N–H and O–H groups in total. The molecule has 11 rings (SSSR count). The van der Waals surface area contributed by atoms with Crippen LogP contribution in [0.15, 0.2) is 199 Å². The van der Waals surface area contributed by atoms with Crippen LogP contribution in [0.25, 0.3) is 78.4 Å². The fourth-order valence-electron chi connectivity index (χ4n) is 8.95. The number of benzene rings is 8. The highest BCUT2D eigenvalue weighted by molar-refractivity contribution is 6.20. The van der Waals surface area contributed by atoms with Gasteiger partial charge in [-0.25, -0.2) is 15.0 Å². The maximum atomic E-state index is 6.68. The van der Waals surface area contributed by atoms with Gasteiger partial charge in [-0.05, 0) is 68.8 Å². The van der Waals surface area contributed by atoms with E-state index in [1.54, 1.807) is 0 Å². The van der Waals surface area contributed by atoms with Crippen LogP contribution in [0, 0.1) is 12.3 Å². The van der Waals surface area contributed by atoms with E-state index >= 15 is 0 Å². The smallest absolute Gasteiger partial charge is 0.164 e. The third kappa shape index (κ3) is 5.15. The van der Waals surface area contributed by atoms with E-state index in [0.717, 1.165) is 60.9 Å². The lowest BCUT2D eigenvalue weighted by Gasteiger charge is -2.34. The summed E-state index contributed by atoms with van der Waals surface area (Å²) in [6.07, 6.45) is 5.73. The quantitative estimate of drug-likeness (QED) is 0.159. The van der Waals surface area contributed by atoms with Crippen molar-refractivity contribution in [1.82, 2.24) is 15.0 Å². The number of furan rings is 1. The molecule has 0 bridgehead atoms. The van der Waals surface area contributed by atoms with Gasteiger partial charge in [-0.1, -0.05) is 176 Å². The van der Waals surface area contributed by atoms with Crippen LogP contribution in [0.1, 0.15) is 27.8 Å². The van der Waals surface area contributed by atoms with E-state index in [-0.39, 0.29) is 0 Å². The fourth-order valence-corrected chi connectivity index (χ4v) is 8.95. The Morgan fingerprint density at radius 2 is 0.914 bits per heavy atom. The molecule has 0 saturated heterocycles. The van der Waals surface area contributed by atoms with Gasteiger partial charge >= 0.3 is 0 Å². The maximum absolute atomic E-state index is 6.68. The van der Waals surface area contributed by atoms with Gasteiger partial charge in [0.05, 0.1) is 5.41 Å². The fraction of sp³-hybridized carbons (Fsp3) is 0.0185. The molecule has 1 atom stereocenters. The van der Waals surface area contributed by atoms with E-state index in [0.29, 0.717) is 17.5 Å². The third-order valence-corrected chi connectivity index (χ3v) is 11.5. The van der Waals surface area contributed by atoms with Crippen molar-refractivity contribution in [2.45, 2.75) is 5.41 Å². The first kappa shape index (κ1) is 33.5. The lowest BCUT2D eigenvalue weighted by Crippen LogP contribution is -2.28. The lowest BCUT2D eigenvalue weighted by atomic mass is 9.67. The second-order valence-electron chi connectivity index (χ2n) is 14.6. The minimum Gasteiger partial charge on any atom is -0.456 e. The maximum Gasteiger partial charge on any atom is 0.164 e. The summed E-state index contributed by atoms with van der Waals surface area (Å²) in [5.41, 5.74) is 14.0. The molecule has 2 heterocycles. The van der Waals surface area contributed by atoms with Crippen molar-refractivity contribution in [3.63, 3.8) is 0 Å². The number of fused-ring (bicyclic) bond motifs is 7. The molecule has 58 heavy (non-hydrogen) atoms. The van der Waals surface area contributed by atoms with Gasteiger partial charge in [0.1, 0.15) is 11.2 Å². The second-order valence-corrected chi connectivity index (χ2v) is 14.6. The first-order chi connectivity index (χ1) is 28.7. The van der Waals surface area contributed by atoms with Crippen LogP contribution in [0.3, 0.4) is 0 Å². The Hall–Kier alpha value is -7.87. The molecule has 0 amide bonds. The number of hydrogen-bond donors (Lipinski definition) is 0. The molecular formula is C54H33N3O. The van der Waals surface area contributed by atoms with E-state index in [1.807, 2.05) is 72.8 Å². The van der Waals surface area contributed by atoms with Gasteiger partial charge in [0, 0.05) is 33.0 Å². The molecule has 0 fully saturated rings. The Morgan fingerprint density at radius 1 is 0.397 bits per heavy atom. The summed E-state index contributed by atoms with van der Waals surface area (Å²) >= 11 is 0. The second kappa shape index (κ2) is 13.4. The van der Waals surface area contributed by atoms with Crippen LogP contribution in [-0.4, -0.2) is 15.0 Å². The van der Waals surface area contributed by atoms with Crippen LogP contribution < -0.4 is 0 Å². The first-order valence-electron chi connectivity index (χ1n) is 19.4. The SMILES string of the molecule is C#Cc1ccc(-c2cccc3oc4ccc5c(c4c23)-c2ccccc2C5(c2ccccc2)c2ccc(-c3nc(-c4ccccc4)nc(-c4ccccc4)n3)cc2)cc1. The highest BCUT2D eigenvalue weighted by atomic mass is 16.3. The average molecular weight is 740 g/mol. The zero-order chi connectivity index (χ0) is 38.6. The molecule has 0 radical (unpaired) electrons. The summed E-state index contributed by atoms with van der Waals surface area (Å²) in [6.45, 7) is 0. The molecule has 0 aliphatic heterocycles. The summed E-state index contributed by atoms with van der Waals surface area (Å²) in [6, 6.07) is 67.6. The van der Waals surface area contributed by atoms with Gasteiger partial charge in [0.15, 0.2) is 17.5 Å². The highest BCUT2D eigenvalue weighted by Gasteiger charge is 2.47. The molecule has 4 heteroatoms. The molecule has 1 aliphatic rings. The lowest BCUT2D eigenvalue weighted by molar-refractivity contribution is 0.668. The van der Waals surface area contributed by atoms with Crippen molar-refractivity contribution in [3.05, 3.63) is 222 Å². The molecule has 1 unspecified atom stereocenters. The zero-order valence-corrected chi connectivity index (χ0v) is 31.3. The largest absolute Gasteiger partial charge is 0.456 e. The van der Waals surface area contributed by atoms with E-state index < -0.39 is 5.41 Å². The standard InChI is InChI=1S/C54H33N3O/c1-2-35-25-27-36(28-26-35)42-22-14-24-46-49(42)50-47(58-46)34-33-45-48(50)43-21-12-13-23-44(43)54(45,40-19-10-5-11-20-40)41-31-29-39(30-32-41)53-56-51(37-15-6-3-7-16-37)55-52(57-53)38-17-8-4-9-18-38/h1,3-34H. The Bertz CT molecular complexity index is 3140. The van der Waals surface area contributed by atoms with E-state index in [1.165, 1.54) is 27.8 Å². The van der Waals surface area contributed by atoms with E-state index in [2.05, 4.69) is 127 Å². The summed E-state index contributed by atoms with van der Waals surface area (Å²) in [5.74, 6) is 4.64. The average Bonchev–Trinajstić information content (AvgIpc) is 3.84. The summed E-state index contributed by atoms with van der Waals surface area (Å²) in [5, 5.41) is 2.20. The van der Waals surface area contributed by atoms with Crippen LogP contribution in [0.5, 0.6) is 0 Å². The molecule has 4 nitrogen and oxygen atoms in total. The number of rotatable bonds is 6. The Kier molecular flexibility index (Phi) is 7.74. The molecule has 1 aliphatic carbocycles. The van der Waals surface area contributed by atoms with E-state index in [4.69, 9.17) is 25.8 Å². The molecule has 0 spiro atoms. The molecule has 270 valence electrons. The summed E-state index contributed by atoms with van der Waals surface area (Å²) in [7, 11) is 0. The number of hydrogen-bond acceptors (Lipinski definition) is 4. The zero-order valence-electron chi connectivity index (χ0n) is 31.3. The predicted octanol–water partition coefficient (Wildman–Crippen LogP) is 12.8. The Labute approximate surface area is 336 Å². The molecule has 2 aromatic heterocycles. The molecule has 10 aromatic rings. The Balaban J connectivity index is 1.14. The van der Waals surface area contributed by atoms with Crippen LogP contribution in [0.4, 0.5) is 0 Å². The van der Waals surface area contributed by atoms with Gasteiger partial charge in [-0.2, -0.15) is 0 Å². The number of aromatic nitrogens is 3. The third-order valence-electron chi connectivity index (χ3n) is 11.5. The Morgan fingerprint density at radius 3 is 1.55 bits per heavy atom. The molecule has 0 saturated carbocycles. The van der Waals surface area contributed by atoms with Gasteiger partial charge < -0.3 is 4.42 Å². The summed E-state index contributed by atoms with van der Waals surface area (Å²) < 4.78 is 6.68. The van der Waals surface area contributed by atoms with Gasteiger partial charge in [0.25, 0.3) is 0 Å². The van der Waals surface area contributed by atoms with Gasteiger partial charge in [-0.3, -0.25) is 0 Å². The normalized spacial score (nSPS) is 14.3. The highest BCUT2D eigenvalue weighted by Crippen LogP contribution is 2.59. The van der Waals surface area contributed by atoms with Crippen LogP contribution >= 0.6 is 0 Å². The monoisotopic (exact) mass is 739 g/mol. The molecular weight excluding hydrogens is 707 g/mol.